The standard InChI is InChI=1S/C15H25N3O/c1-5-12(3)18-15(16-4)17-11-13-8-7-9-14(10-13)19-6-2/h7-10,12H,5-6,11H2,1-4H3,(H2,16,17,18). The second kappa shape index (κ2) is 8.40. The van der Waals surface area contributed by atoms with Crippen LogP contribution in [0.1, 0.15) is 32.8 Å². The Morgan fingerprint density at radius 1 is 1.37 bits per heavy atom. The summed E-state index contributed by atoms with van der Waals surface area (Å²) in [5, 5.41) is 6.64. The molecule has 1 rings (SSSR count). The minimum absolute atomic E-state index is 0.418. The first-order valence-electron chi connectivity index (χ1n) is 6.88. The highest BCUT2D eigenvalue weighted by molar-refractivity contribution is 5.79. The largest absolute Gasteiger partial charge is 0.494 e. The number of hydrogen-bond acceptors (Lipinski definition) is 2. The Hall–Kier alpha value is -1.71. The highest BCUT2D eigenvalue weighted by atomic mass is 16.5. The Labute approximate surface area is 116 Å². The lowest BCUT2D eigenvalue weighted by molar-refractivity contribution is 0.340. The van der Waals surface area contributed by atoms with Crippen LogP contribution in [0.25, 0.3) is 0 Å². The number of benzene rings is 1. The van der Waals surface area contributed by atoms with E-state index in [0.29, 0.717) is 12.6 Å². The highest BCUT2D eigenvalue weighted by Gasteiger charge is 2.03. The summed E-state index contributed by atoms with van der Waals surface area (Å²) in [6.45, 7) is 7.70. The molecular formula is C15H25N3O. The van der Waals surface area contributed by atoms with E-state index >= 15 is 0 Å². The number of rotatable bonds is 6. The van der Waals surface area contributed by atoms with Gasteiger partial charge in [0.1, 0.15) is 5.75 Å². The number of nitrogens with one attached hydrogen (secondary N) is 2. The predicted octanol–water partition coefficient (Wildman–Crippen LogP) is 2.55. The molecule has 0 amide bonds. The normalized spacial score (nSPS) is 12.9. The summed E-state index contributed by atoms with van der Waals surface area (Å²) in [5.74, 6) is 1.74. The lowest BCUT2D eigenvalue weighted by Gasteiger charge is -2.16. The molecule has 0 saturated carbocycles. The quantitative estimate of drug-likeness (QED) is 0.612. The molecule has 1 unspecified atom stereocenters. The molecule has 0 aliphatic carbocycles. The molecule has 0 aliphatic rings. The SMILES string of the molecule is CCOc1cccc(CNC(=NC)NC(C)CC)c1. The summed E-state index contributed by atoms with van der Waals surface area (Å²) in [4.78, 5) is 4.21. The monoisotopic (exact) mass is 263 g/mol. The lowest BCUT2D eigenvalue weighted by atomic mass is 10.2. The third-order valence-electron chi connectivity index (χ3n) is 2.89. The van der Waals surface area contributed by atoms with Crippen molar-refractivity contribution in [2.75, 3.05) is 13.7 Å². The van der Waals surface area contributed by atoms with Crippen LogP contribution in [0, 0.1) is 0 Å². The first-order valence-corrected chi connectivity index (χ1v) is 6.88. The summed E-state index contributed by atoms with van der Waals surface area (Å²) in [5.41, 5.74) is 1.18. The van der Waals surface area contributed by atoms with Gasteiger partial charge in [-0.1, -0.05) is 19.1 Å². The third kappa shape index (κ3) is 5.64. The molecule has 0 spiro atoms. The second-order valence-corrected chi connectivity index (χ2v) is 4.46. The topological polar surface area (TPSA) is 45.6 Å². The van der Waals surface area contributed by atoms with Crippen molar-refractivity contribution in [3.05, 3.63) is 29.8 Å². The first kappa shape index (κ1) is 15.3. The van der Waals surface area contributed by atoms with Gasteiger partial charge in [0.15, 0.2) is 5.96 Å². The Morgan fingerprint density at radius 2 is 2.16 bits per heavy atom. The van der Waals surface area contributed by atoms with E-state index in [2.05, 4.69) is 35.5 Å². The minimum Gasteiger partial charge on any atom is -0.494 e. The van der Waals surface area contributed by atoms with E-state index < -0.39 is 0 Å². The van der Waals surface area contributed by atoms with E-state index in [1.165, 1.54) is 5.56 Å². The van der Waals surface area contributed by atoms with E-state index in [1.807, 2.05) is 25.1 Å². The van der Waals surface area contributed by atoms with Crippen LogP contribution in [-0.4, -0.2) is 25.7 Å². The molecule has 2 N–H and O–H groups in total. The Balaban J connectivity index is 2.52. The van der Waals surface area contributed by atoms with Crippen molar-refractivity contribution in [1.82, 2.24) is 10.6 Å². The van der Waals surface area contributed by atoms with Gasteiger partial charge in [0.05, 0.1) is 6.61 Å². The summed E-state index contributed by atoms with van der Waals surface area (Å²) in [6.07, 6.45) is 1.07. The molecular weight excluding hydrogens is 238 g/mol. The summed E-state index contributed by atoms with van der Waals surface area (Å²) in [7, 11) is 1.79. The van der Waals surface area contributed by atoms with E-state index in [9.17, 15) is 0 Å². The van der Waals surface area contributed by atoms with Crippen LogP contribution in [0.15, 0.2) is 29.3 Å². The maximum absolute atomic E-state index is 5.49. The van der Waals surface area contributed by atoms with E-state index in [0.717, 1.165) is 24.7 Å². The molecule has 1 atom stereocenters. The molecule has 0 aromatic heterocycles. The molecule has 106 valence electrons. The molecule has 4 heteroatoms. The van der Waals surface area contributed by atoms with Crippen LogP contribution in [0.2, 0.25) is 0 Å². The van der Waals surface area contributed by atoms with Gasteiger partial charge >= 0.3 is 0 Å². The Morgan fingerprint density at radius 3 is 2.79 bits per heavy atom. The minimum atomic E-state index is 0.418. The van der Waals surface area contributed by atoms with Gasteiger partial charge in [0.2, 0.25) is 0 Å². The predicted molar refractivity (Wildman–Crippen MR) is 80.7 cm³/mol. The van der Waals surface area contributed by atoms with Crippen molar-refractivity contribution < 1.29 is 4.74 Å². The smallest absolute Gasteiger partial charge is 0.191 e. The number of hydrogen-bond donors (Lipinski definition) is 2. The van der Waals surface area contributed by atoms with Crippen molar-refractivity contribution in [2.24, 2.45) is 4.99 Å². The van der Waals surface area contributed by atoms with Crippen molar-refractivity contribution in [3.8, 4) is 5.75 Å². The van der Waals surface area contributed by atoms with Gasteiger partial charge in [-0.05, 0) is 38.0 Å². The molecule has 0 aliphatic heterocycles. The maximum atomic E-state index is 5.49. The maximum Gasteiger partial charge on any atom is 0.191 e. The van der Waals surface area contributed by atoms with Crippen molar-refractivity contribution in [3.63, 3.8) is 0 Å². The number of guanidine groups is 1. The number of ether oxygens (including phenoxy) is 1. The van der Waals surface area contributed by atoms with Crippen LogP contribution in [0.4, 0.5) is 0 Å². The Bertz CT molecular complexity index is 404. The van der Waals surface area contributed by atoms with Crippen molar-refractivity contribution >= 4 is 5.96 Å². The molecule has 0 radical (unpaired) electrons. The fourth-order valence-corrected chi connectivity index (χ4v) is 1.63. The van der Waals surface area contributed by atoms with E-state index in [-0.39, 0.29) is 0 Å². The van der Waals surface area contributed by atoms with Crippen LogP contribution >= 0.6 is 0 Å². The van der Waals surface area contributed by atoms with Crippen LogP contribution < -0.4 is 15.4 Å². The molecule has 0 fully saturated rings. The fourth-order valence-electron chi connectivity index (χ4n) is 1.63. The lowest BCUT2D eigenvalue weighted by Crippen LogP contribution is -2.41. The van der Waals surface area contributed by atoms with Gasteiger partial charge in [-0.25, -0.2) is 0 Å². The Kier molecular flexibility index (Phi) is 6.79. The van der Waals surface area contributed by atoms with Gasteiger partial charge in [-0.3, -0.25) is 4.99 Å². The molecule has 1 aromatic carbocycles. The second-order valence-electron chi connectivity index (χ2n) is 4.46. The molecule has 0 bridgehead atoms. The first-order chi connectivity index (χ1) is 9.19. The summed E-state index contributed by atoms with van der Waals surface area (Å²) < 4.78 is 5.49. The van der Waals surface area contributed by atoms with Gasteiger partial charge < -0.3 is 15.4 Å². The zero-order valence-electron chi connectivity index (χ0n) is 12.4. The number of aliphatic imine (C=N–C) groups is 1. The average Bonchev–Trinajstić information content (AvgIpc) is 2.44. The molecule has 0 heterocycles. The van der Waals surface area contributed by atoms with Crippen LogP contribution in [0.3, 0.4) is 0 Å². The van der Waals surface area contributed by atoms with Gasteiger partial charge in [-0.2, -0.15) is 0 Å². The van der Waals surface area contributed by atoms with Gasteiger partial charge in [-0.15, -0.1) is 0 Å². The van der Waals surface area contributed by atoms with Gasteiger partial charge in [0, 0.05) is 19.6 Å². The average molecular weight is 263 g/mol. The zero-order chi connectivity index (χ0) is 14.1. The highest BCUT2D eigenvalue weighted by Crippen LogP contribution is 2.12. The molecule has 4 nitrogen and oxygen atoms in total. The van der Waals surface area contributed by atoms with Crippen LogP contribution in [0.5, 0.6) is 5.75 Å². The number of nitrogens with zero attached hydrogens (tertiary/aromatic N) is 1. The molecule has 19 heavy (non-hydrogen) atoms. The molecule has 1 aromatic rings. The van der Waals surface area contributed by atoms with Crippen molar-refractivity contribution in [1.29, 1.82) is 0 Å². The summed E-state index contributed by atoms with van der Waals surface area (Å²) >= 11 is 0. The third-order valence-corrected chi connectivity index (χ3v) is 2.89. The van der Waals surface area contributed by atoms with Crippen LogP contribution in [-0.2, 0) is 6.54 Å². The summed E-state index contributed by atoms with van der Waals surface area (Å²) in [6, 6.07) is 8.52. The fraction of sp³-hybridized carbons (Fsp3) is 0.533. The van der Waals surface area contributed by atoms with Gasteiger partial charge in [0.25, 0.3) is 0 Å². The van der Waals surface area contributed by atoms with E-state index in [4.69, 9.17) is 4.74 Å². The molecule has 0 saturated heterocycles. The zero-order valence-corrected chi connectivity index (χ0v) is 12.4. The van der Waals surface area contributed by atoms with Crippen molar-refractivity contribution in [2.45, 2.75) is 39.8 Å². The van der Waals surface area contributed by atoms with E-state index in [1.54, 1.807) is 7.05 Å².